The Kier molecular flexibility index (Phi) is 2.95. The van der Waals surface area contributed by atoms with Crippen molar-refractivity contribution < 1.29 is 4.79 Å². The number of carbonyl (C=O) groups is 1. The standard InChI is InChI=1S/C9H11N5OS/c1-13(2)8(15)6-14-11-9(10-12-14)7-4-3-5-16-7/h3-5H,6H2,1-2H3. The molecule has 0 atom stereocenters. The Balaban J connectivity index is 2.11. The number of hydrogen-bond donors (Lipinski definition) is 0. The Hall–Kier alpha value is -1.76. The molecule has 16 heavy (non-hydrogen) atoms. The summed E-state index contributed by atoms with van der Waals surface area (Å²) >= 11 is 1.54. The number of amides is 1. The molecule has 7 heteroatoms. The molecule has 0 aliphatic rings. The number of tetrazole rings is 1. The smallest absolute Gasteiger partial charge is 0.245 e. The fourth-order valence-corrected chi connectivity index (χ4v) is 1.72. The zero-order chi connectivity index (χ0) is 11.5. The molecule has 0 aromatic carbocycles. The minimum absolute atomic E-state index is 0.0601. The molecule has 0 unspecified atom stereocenters. The van der Waals surface area contributed by atoms with Gasteiger partial charge in [0.05, 0.1) is 4.88 Å². The lowest BCUT2D eigenvalue weighted by atomic mass is 10.5. The Morgan fingerprint density at radius 2 is 2.38 bits per heavy atom. The van der Waals surface area contributed by atoms with Gasteiger partial charge in [-0.1, -0.05) is 6.07 Å². The Morgan fingerprint density at radius 3 is 3.00 bits per heavy atom. The molecule has 84 valence electrons. The van der Waals surface area contributed by atoms with Crippen LogP contribution >= 0.6 is 11.3 Å². The van der Waals surface area contributed by atoms with Crippen molar-refractivity contribution in [1.82, 2.24) is 25.1 Å². The average molecular weight is 237 g/mol. The Labute approximate surface area is 96.5 Å². The molecule has 0 saturated carbocycles. The highest BCUT2D eigenvalue weighted by Crippen LogP contribution is 2.19. The summed E-state index contributed by atoms with van der Waals surface area (Å²) in [6, 6.07) is 3.84. The van der Waals surface area contributed by atoms with E-state index in [2.05, 4.69) is 15.4 Å². The third-order valence-corrected chi connectivity index (χ3v) is 2.84. The third kappa shape index (κ3) is 2.25. The van der Waals surface area contributed by atoms with Crippen LogP contribution in [0.3, 0.4) is 0 Å². The van der Waals surface area contributed by atoms with Gasteiger partial charge in [-0.3, -0.25) is 4.79 Å². The first kappa shape index (κ1) is 10.7. The van der Waals surface area contributed by atoms with Gasteiger partial charge < -0.3 is 4.90 Å². The topological polar surface area (TPSA) is 63.9 Å². The molecule has 0 bridgehead atoms. The van der Waals surface area contributed by atoms with Crippen LogP contribution in [0.4, 0.5) is 0 Å². The molecule has 0 aliphatic heterocycles. The van der Waals surface area contributed by atoms with Gasteiger partial charge >= 0.3 is 0 Å². The van der Waals surface area contributed by atoms with Gasteiger partial charge in [-0.05, 0) is 16.7 Å². The molecule has 0 fully saturated rings. The van der Waals surface area contributed by atoms with Crippen LogP contribution in [0.2, 0.25) is 0 Å². The number of rotatable bonds is 3. The Bertz CT molecular complexity index is 476. The van der Waals surface area contributed by atoms with Crippen molar-refractivity contribution in [1.29, 1.82) is 0 Å². The van der Waals surface area contributed by atoms with Crippen molar-refractivity contribution in [3.8, 4) is 10.7 Å². The summed E-state index contributed by atoms with van der Waals surface area (Å²) in [5.74, 6) is 0.497. The first-order chi connectivity index (χ1) is 7.66. The molecule has 0 radical (unpaired) electrons. The van der Waals surface area contributed by atoms with E-state index >= 15 is 0 Å². The molecule has 0 aliphatic carbocycles. The van der Waals surface area contributed by atoms with E-state index in [0.717, 1.165) is 4.88 Å². The maximum atomic E-state index is 11.4. The monoisotopic (exact) mass is 237 g/mol. The summed E-state index contributed by atoms with van der Waals surface area (Å²) in [7, 11) is 3.39. The lowest BCUT2D eigenvalue weighted by molar-refractivity contribution is -0.129. The number of hydrogen-bond acceptors (Lipinski definition) is 5. The molecule has 2 aromatic rings. The van der Waals surface area contributed by atoms with E-state index in [4.69, 9.17) is 0 Å². The summed E-state index contributed by atoms with van der Waals surface area (Å²) in [5, 5.41) is 13.8. The van der Waals surface area contributed by atoms with Crippen molar-refractivity contribution in [3.63, 3.8) is 0 Å². The number of likely N-dealkylation sites (N-methyl/N-ethyl adjacent to an activating group) is 1. The fraction of sp³-hybridized carbons (Fsp3) is 0.333. The summed E-state index contributed by atoms with van der Waals surface area (Å²) in [5.41, 5.74) is 0. The molecule has 2 aromatic heterocycles. The van der Waals surface area contributed by atoms with Gasteiger partial charge in [0.2, 0.25) is 11.7 Å². The van der Waals surface area contributed by atoms with Crippen LogP contribution in [0.1, 0.15) is 0 Å². The fourth-order valence-electron chi connectivity index (χ4n) is 1.08. The van der Waals surface area contributed by atoms with Crippen LogP contribution < -0.4 is 0 Å². The van der Waals surface area contributed by atoms with Crippen molar-refractivity contribution in [2.75, 3.05) is 14.1 Å². The quantitative estimate of drug-likeness (QED) is 0.779. The van der Waals surface area contributed by atoms with E-state index in [1.54, 1.807) is 25.4 Å². The predicted octanol–water partition coefficient (Wildman–Crippen LogP) is 0.490. The van der Waals surface area contributed by atoms with E-state index in [9.17, 15) is 4.79 Å². The minimum atomic E-state index is -0.0601. The maximum absolute atomic E-state index is 11.4. The molecule has 0 N–H and O–H groups in total. The van der Waals surface area contributed by atoms with E-state index in [0.29, 0.717) is 5.82 Å². The summed E-state index contributed by atoms with van der Waals surface area (Å²) in [6.07, 6.45) is 0. The Morgan fingerprint density at radius 1 is 1.56 bits per heavy atom. The first-order valence-electron chi connectivity index (χ1n) is 4.68. The molecule has 2 rings (SSSR count). The second kappa shape index (κ2) is 4.40. The summed E-state index contributed by atoms with van der Waals surface area (Å²) < 4.78 is 0. The highest BCUT2D eigenvalue weighted by Gasteiger charge is 2.10. The van der Waals surface area contributed by atoms with Crippen LogP contribution in [0.25, 0.3) is 10.7 Å². The van der Waals surface area contributed by atoms with E-state index in [1.165, 1.54) is 9.70 Å². The molecular weight excluding hydrogens is 226 g/mol. The number of nitrogens with zero attached hydrogens (tertiary/aromatic N) is 5. The van der Waals surface area contributed by atoms with Crippen LogP contribution in [-0.4, -0.2) is 45.1 Å². The lowest BCUT2D eigenvalue weighted by Gasteiger charge is -2.07. The van der Waals surface area contributed by atoms with E-state index in [1.807, 2.05) is 17.5 Å². The van der Waals surface area contributed by atoms with E-state index < -0.39 is 0 Å². The SMILES string of the molecule is CN(C)C(=O)Cn1nnc(-c2cccs2)n1. The normalized spacial score (nSPS) is 10.4. The predicted molar refractivity (Wildman–Crippen MR) is 59.8 cm³/mol. The van der Waals surface area contributed by atoms with Crippen molar-refractivity contribution in [2.24, 2.45) is 0 Å². The average Bonchev–Trinajstić information content (AvgIpc) is 2.85. The molecule has 1 amide bonds. The summed E-state index contributed by atoms with van der Waals surface area (Å²) in [6.45, 7) is 0.116. The van der Waals surface area contributed by atoms with Crippen LogP contribution in [0.15, 0.2) is 17.5 Å². The van der Waals surface area contributed by atoms with Crippen LogP contribution in [-0.2, 0) is 11.3 Å². The van der Waals surface area contributed by atoms with Gasteiger partial charge in [-0.25, -0.2) is 0 Å². The van der Waals surface area contributed by atoms with Crippen LogP contribution in [0.5, 0.6) is 0 Å². The van der Waals surface area contributed by atoms with Gasteiger partial charge in [-0.15, -0.1) is 21.5 Å². The molecule has 0 spiro atoms. The lowest BCUT2D eigenvalue weighted by Crippen LogP contribution is -2.27. The van der Waals surface area contributed by atoms with Gasteiger partial charge in [0, 0.05) is 14.1 Å². The van der Waals surface area contributed by atoms with Gasteiger partial charge in [0.25, 0.3) is 0 Å². The minimum Gasteiger partial charge on any atom is -0.347 e. The zero-order valence-corrected chi connectivity index (χ0v) is 9.81. The second-order valence-electron chi connectivity index (χ2n) is 3.41. The number of carbonyl (C=O) groups excluding carboxylic acids is 1. The van der Waals surface area contributed by atoms with E-state index in [-0.39, 0.29) is 12.5 Å². The first-order valence-corrected chi connectivity index (χ1v) is 5.56. The van der Waals surface area contributed by atoms with Gasteiger partial charge in [0.1, 0.15) is 6.54 Å². The highest BCUT2D eigenvalue weighted by molar-refractivity contribution is 7.13. The largest absolute Gasteiger partial charge is 0.347 e. The number of thiophene rings is 1. The van der Waals surface area contributed by atoms with Crippen LogP contribution in [0, 0.1) is 0 Å². The zero-order valence-electron chi connectivity index (χ0n) is 8.99. The second-order valence-corrected chi connectivity index (χ2v) is 4.36. The van der Waals surface area contributed by atoms with Crippen molar-refractivity contribution in [2.45, 2.75) is 6.54 Å². The van der Waals surface area contributed by atoms with Gasteiger partial charge in [0.15, 0.2) is 0 Å². The number of aromatic nitrogens is 4. The van der Waals surface area contributed by atoms with Gasteiger partial charge in [-0.2, -0.15) is 4.80 Å². The molecular formula is C9H11N5OS. The van der Waals surface area contributed by atoms with Crippen molar-refractivity contribution in [3.05, 3.63) is 17.5 Å². The van der Waals surface area contributed by atoms with Crippen molar-refractivity contribution >= 4 is 17.2 Å². The highest BCUT2D eigenvalue weighted by atomic mass is 32.1. The third-order valence-electron chi connectivity index (χ3n) is 1.97. The summed E-state index contributed by atoms with van der Waals surface area (Å²) in [4.78, 5) is 15.2. The molecule has 6 nitrogen and oxygen atoms in total. The molecule has 2 heterocycles. The molecule has 0 saturated heterocycles. The maximum Gasteiger partial charge on any atom is 0.245 e.